The average Bonchev–Trinajstić information content (AvgIpc) is 3.18. The van der Waals surface area contributed by atoms with Crippen LogP contribution in [0.15, 0.2) is 66.7 Å². The number of phenolic OH excluding ortho intramolecular Hbond substituents is 1. The quantitative estimate of drug-likeness (QED) is 0.358. The van der Waals surface area contributed by atoms with Gasteiger partial charge in [-0.15, -0.1) is 0 Å². The summed E-state index contributed by atoms with van der Waals surface area (Å²) in [6.45, 7) is 6.56. The highest BCUT2D eigenvalue weighted by atomic mass is 35.5. The van der Waals surface area contributed by atoms with E-state index in [1.807, 2.05) is 53.2 Å². The Kier molecular flexibility index (Phi) is 5.80. The van der Waals surface area contributed by atoms with E-state index in [0.717, 1.165) is 27.8 Å². The number of phenols is 1. The molecule has 0 saturated carbocycles. The predicted molar refractivity (Wildman–Crippen MR) is 129 cm³/mol. The summed E-state index contributed by atoms with van der Waals surface area (Å²) in [5, 5.41) is 22.7. The molecule has 0 radical (unpaired) electrons. The number of hydrogen-bond donors (Lipinski definition) is 3. The van der Waals surface area contributed by atoms with Gasteiger partial charge in [0.15, 0.2) is 0 Å². The number of urea groups is 1. The number of nitrogens with zero attached hydrogens (tertiary/aromatic N) is 2. The standard InChI is InChI=1S/C25H25ClN4O2/c1-25(2,3)23-13-19(30(29-23)18-8-5-7-17(26)12-18)15-27-24(32)28-22-9-4-6-16-10-11-20(31)14-21(16)22/h4-14,31H,15H2,1-3H3,(H2,27,28,32). The number of carbonyl (C=O) groups is 1. The van der Waals surface area contributed by atoms with E-state index in [1.54, 1.807) is 18.2 Å². The number of amides is 2. The van der Waals surface area contributed by atoms with E-state index < -0.39 is 0 Å². The molecule has 0 aliphatic rings. The van der Waals surface area contributed by atoms with Gasteiger partial charge in [0.2, 0.25) is 0 Å². The van der Waals surface area contributed by atoms with E-state index >= 15 is 0 Å². The summed E-state index contributed by atoms with van der Waals surface area (Å²) in [5.41, 5.74) is 3.05. The van der Waals surface area contributed by atoms with Gasteiger partial charge in [-0.2, -0.15) is 5.10 Å². The molecule has 0 spiro atoms. The number of halogens is 1. The Morgan fingerprint density at radius 2 is 1.84 bits per heavy atom. The molecule has 7 heteroatoms. The second kappa shape index (κ2) is 8.55. The first-order chi connectivity index (χ1) is 15.2. The lowest BCUT2D eigenvalue weighted by atomic mass is 9.92. The van der Waals surface area contributed by atoms with E-state index in [9.17, 15) is 9.90 Å². The molecule has 32 heavy (non-hydrogen) atoms. The van der Waals surface area contributed by atoms with E-state index in [2.05, 4.69) is 31.4 Å². The fourth-order valence-electron chi connectivity index (χ4n) is 3.45. The Labute approximate surface area is 191 Å². The Morgan fingerprint density at radius 1 is 1.06 bits per heavy atom. The number of aromatic nitrogens is 2. The van der Waals surface area contributed by atoms with E-state index in [0.29, 0.717) is 10.7 Å². The maximum atomic E-state index is 12.7. The zero-order valence-corrected chi connectivity index (χ0v) is 18.9. The highest BCUT2D eigenvalue weighted by Gasteiger charge is 2.21. The molecular weight excluding hydrogens is 424 g/mol. The zero-order chi connectivity index (χ0) is 22.9. The van der Waals surface area contributed by atoms with Gasteiger partial charge in [-0.1, -0.05) is 56.6 Å². The Hall–Kier alpha value is -3.51. The Balaban J connectivity index is 1.56. The molecule has 6 nitrogen and oxygen atoms in total. The third-order valence-corrected chi connectivity index (χ3v) is 5.38. The number of fused-ring (bicyclic) bond motifs is 1. The van der Waals surface area contributed by atoms with E-state index in [4.69, 9.17) is 16.7 Å². The molecule has 3 aromatic carbocycles. The molecule has 1 aromatic heterocycles. The molecule has 0 aliphatic heterocycles. The number of anilines is 1. The average molecular weight is 449 g/mol. The lowest BCUT2D eigenvalue weighted by molar-refractivity contribution is 0.251. The van der Waals surface area contributed by atoms with Gasteiger partial charge >= 0.3 is 6.03 Å². The predicted octanol–water partition coefficient (Wildman–Crippen LogP) is 6.00. The first kappa shape index (κ1) is 21.7. The summed E-state index contributed by atoms with van der Waals surface area (Å²) in [7, 11) is 0. The topological polar surface area (TPSA) is 79.2 Å². The molecule has 0 atom stereocenters. The summed E-state index contributed by atoms with van der Waals surface area (Å²) in [5.74, 6) is 0.146. The van der Waals surface area contributed by atoms with Gasteiger partial charge in [0.05, 0.1) is 29.3 Å². The first-order valence-electron chi connectivity index (χ1n) is 10.3. The second-order valence-corrected chi connectivity index (χ2v) is 9.12. The smallest absolute Gasteiger partial charge is 0.319 e. The number of rotatable bonds is 4. The van der Waals surface area contributed by atoms with E-state index in [-0.39, 0.29) is 23.7 Å². The van der Waals surface area contributed by atoms with Crippen LogP contribution in [0.1, 0.15) is 32.2 Å². The molecule has 2 amide bonds. The van der Waals surface area contributed by atoms with Crippen LogP contribution in [0.5, 0.6) is 5.75 Å². The van der Waals surface area contributed by atoms with Crippen LogP contribution in [0.25, 0.3) is 16.5 Å². The lowest BCUT2D eigenvalue weighted by Crippen LogP contribution is -2.29. The zero-order valence-electron chi connectivity index (χ0n) is 18.2. The van der Waals surface area contributed by atoms with Crippen molar-refractivity contribution >= 4 is 34.1 Å². The summed E-state index contributed by atoms with van der Waals surface area (Å²) >= 11 is 6.18. The molecule has 3 N–H and O–H groups in total. The number of hydrogen-bond acceptors (Lipinski definition) is 3. The SMILES string of the molecule is CC(C)(C)c1cc(CNC(=O)Nc2cccc3ccc(O)cc23)n(-c2cccc(Cl)c2)n1. The van der Waals surface area contributed by atoms with Gasteiger partial charge in [-0.05, 0) is 47.9 Å². The lowest BCUT2D eigenvalue weighted by Gasteiger charge is -2.14. The fraction of sp³-hybridized carbons (Fsp3) is 0.200. The number of nitrogens with one attached hydrogen (secondary N) is 2. The highest BCUT2D eigenvalue weighted by molar-refractivity contribution is 6.30. The van der Waals surface area contributed by atoms with Gasteiger partial charge in [-0.3, -0.25) is 0 Å². The minimum absolute atomic E-state index is 0.146. The fourth-order valence-corrected chi connectivity index (χ4v) is 3.64. The van der Waals surface area contributed by atoms with Gasteiger partial charge in [-0.25, -0.2) is 9.48 Å². The van der Waals surface area contributed by atoms with Crippen LogP contribution in [-0.4, -0.2) is 20.9 Å². The Morgan fingerprint density at radius 3 is 2.59 bits per heavy atom. The van der Waals surface area contributed by atoms with Gasteiger partial charge in [0.1, 0.15) is 5.75 Å². The van der Waals surface area contributed by atoms with Crippen LogP contribution >= 0.6 is 11.6 Å². The molecule has 0 saturated heterocycles. The van der Waals surface area contributed by atoms with Crippen molar-refractivity contribution in [2.75, 3.05) is 5.32 Å². The maximum absolute atomic E-state index is 12.7. The summed E-state index contributed by atoms with van der Waals surface area (Å²) in [4.78, 5) is 12.7. The van der Waals surface area contributed by atoms with Crippen LogP contribution in [0.3, 0.4) is 0 Å². The molecule has 164 valence electrons. The van der Waals surface area contributed by atoms with Crippen molar-refractivity contribution in [1.82, 2.24) is 15.1 Å². The van der Waals surface area contributed by atoms with Gasteiger partial charge in [0, 0.05) is 15.8 Å². The summed E-state index contributed by atoms with van der Waals surface area (Å²) < 4.78 is 1.81. The summed E-state index contributed by atoms with van der Waals surface area (Å²) in [6, 6.07) is 19.8. The van der Waals surface area contributed by atoms with E-state index in [1.165, 1.54) is 0 Å². The third kappa shape index (κ3) is 4.70. The third-order valence-electron chi connectivity index (χ3n) is 5.15. The molecule has 4 rings (SSSR count). The molecule has 4 aromatic rings. The molecular formula is C25H25ClN4O2. The van der Waals surface area contributed by atoms with Crippen molar-refractivity contribution in [3.8, 4) is 11.4 Å². The van der Waals surface area contributed by atoms with Crippen molar-refractivity contribution in [2.24, 2.45) is 0 Å². The maximum Gasteiger partial charge on any atom is 0.319 e. The Bertz CT molecular complexity index is 1290. The van der Waals surface area contributed by atoms with Crippen LogP contribution < -0.4 is 10.6 Å². The molecule has 0 unspecified atom stereocenters. The van der Waals surface area contributed by atoms with Crippen LogP contribution in [0.2, 0.25) is 5.02 Å². The highest BCUT2D eigenvalue weighted by Crippen LogP contribution is 2.27. The number of aromatic hydroxyl groups is 1. The largest absolute Gasteiger partial charge is 0.508 e. The molecule has 1 heterocycles. The number of benzene rings is 3. The van der Waals surface area contributed by atoms with Crippen LogP contribution in [-0.2, 0) is 12.0 Å². The monoisotopic (exact) mass is 448 g/mol. The van der Waals surface area contributed by atoms with Gasteiger partial charge in [0.25, 0.3) is 0 Å². The molecule has 0 aliphatic carbocycles. The van der Waals surface area contributed by atoms with Crippen molar-refractivity contribution in [1.29, 1.82) is 0 Å². The number of carbonyl (C=O) groups excluding carboxylic acids is 1. The van der Waals surface area contributed by atoms with Crippen LogP contribution in [0.4, 0.5) is 10.5 Å². The van der Waals surface area contributed by atoms with Crippen molar-refractivity contribution in [2.45, 2.75) is 32.7 Å². The first-order valence-corrected chi connectivity index (χ1v) is 10.7. The molecule has 0 fully saturated rings. The minimum Gasteiger partial charge on any atom is -0.508 e. The van der Waals surface area contributed by atoms with Crippen molar-refractivity contribution < 1.29 is 9.90 Å². The van der Waals surface area contributed by atoms with Gasteiger partial charge < -0.3 is 15.7 Å². The van der Waals surface area contributed by atoms with Crippen molar-refractivity contribution in [3.63, 3.8) is 0 Å². The normalized spacial score (nSPS) is 11.5. The van der Waals surface area contributed by atoms with Crippen LogP contribution in [0, 0.1) is 0 Å². The minimum atomic E-state index is -0.350. The second-order valence-electron chi connectivity index (χ2n) is 8.68. The summed E-state index contributed by atoms with van der Waals surface area (Å²) in [6.07, 6.45) is 0. The van der Waals surface area contributed by atoms with Crippen molar-refractivity contribution in [3.05, 3.63) is 83.1 Å². The molecule has 0 bridgehead atoms.